The molecule has 0 aliphatic carbocycles. The highest BCUT2D eigenvalue weighted by atomic mass is 19.4. The second-order valence-electron chi connectivity index (χ2n) is 5.61. The SMILES string of the molecule is CC(C)(C)OC(=O)N1CCCN(C(=O)C(F)(F)F)CC1. The third kappa shape index (κ3) is 4.90. The number of alkyl halides is 3. The Kier molecular flexibility index (Phi) is 4.88. The second kappa shape index (κ2) is 5.88. The number of carbonyl (C=O) groups excluding carboxylic acids is 2. The van der Waals surface area contributed by atoms with Gasteiger partial charge in [0.2, 0.25) is 0 Å². The van der Waals surface area contributed by atoms with Gasteiger partial charge >= 0.3 is 18.2 Å². The second-order valence-corrected chi connectivity index (χ2v) is 5.61. The number of halogens is 3. The lowest BCUT2D eigenvalue weighted by Gasteiger charge is -2.26. The van der Waals surface area contributed by atoms with Crippen molar-refractivity contribution < 1.29 is 27.5 Å². The molecule has 1 heterocycles. The fourth-order valence-electron chi connectivity index (χ4n) is 1.81. The highest BCUT2D eigenvalue weighted by molar-refractivity contribution is 5.82. The van der Waals surface area contributed by atoms with E-state index in [1.807, 2.05) is 0 Å². The molecule has 0 bridgehead atoms. The topological polar surface area (TPSA) is 49.9 Å². The maximum atomic E-state index is 12.3. The summed E-state index contributed by atoms with van der Waals surface area (Å²) in [5, 5.41) is 0. The van der Waals surface area contributed by atoms with Crippen LogP contribution in [0.1, 0.15) is 27.2 Å². The van der Waals surface area contributed by atoms with Gasteiger partial charge in [0.05, 0.1) is 0 Å². The molecule has 0 radical (unpaired) electrons. The van der Waals surface area contributed by atoms with Crippen molar-refractivity contribution in [3.63, 3.8) is 0 Å². The van der Waals surface area contributed by atoms with Gasteiger partial charge in [0.15, 0.2) is 0 Å². The molecule has 1 aliphatic heterocycles. The Morgan fingerprint density at radius 1 is 0.950 bits per heavy atom. The third-order valence-corrected chi connectivity index (χ3v) is 2.68. The lowest BCUT2D eigenvalue weighted by molar-refractivity contribution is -0.185. The molecule has 0 aromatic heterocycles. The number of hydrogen-bond acceptors (Lipinski definition) is 3. The molecule has 0 N–H and O–H groups in total. The van der Waals surface area contributed by atoms with Crippen molar-refractivity contribution in [1.29, 1.82) is 0 Å². The molecule has 0 saturated carbocycles. The van der Waals surface area contributed by atoms with Crippen molar-refractivity contribution >= 4 is 12.0 Å². The minimum absolute atomic E-state index is 0.0162. The van der Waals surface area contributed by atoms with Crippen LogP contribution in [0.2, 0.25) is 0 Å². The molecule has 1 rings (SSSR count). The minimum atomic E-state index is -4.87. The number of ether oxygens (including phenoxy) is 1. The van der Waals surface area contributed by atoms with Gasteiger partial charge in [-0.2, -0.15) is 13.2 Å². The summed E-state index contributed by atoms with van der Waals surface area (Å²) in [6.45, 7) is 5.29. The first-order valence-corrected chi connectivity index (χ1v) is 6.35. The van der Waals surface area contributed by atoms with Crippen LogP contribution in [0.15, 0.2) is 0 Å². The van der Waals surface area contributed by atoms with Gasteiger partial charge in [-0.3, -0.25) is 4.79 Å². The zero-order valence-electron chi connectivity index (χ0n) is 11.8. The lowest BCUT2D eigenvalue weighted by Crippen LogP contribution is -2.44. The molecule has 0 aromatic carbocycles. The van der Waals surface area contributed by atoms with Gasteiger partial charge in [0.1, 0.15) is 5.60 Å². The van der Waals surface area contributed by atoms with E-state index in [4.69, 9.17) is 4.74 Å². The average molecular weight is 296 g/mol. The Hall–Kier alpha value is -1.47. The molecule has 20 heavy (non-hydrogen) atoms. The normalized spacial score (nSPS) is 17.7. The Balaban J connectivity index is 2.60. The van der Waals surface area contributed by atoms with Crippen LogP contribution in [0.25, 0.3) is 0 Å². The van der Waals surface area contributed by atoms with Crippen LogP contribution in [-0.2, 0) is 9.53 Å². The summed E-state index contributed by atoms with van der Waals surface area (Å²) in [6, 6.07) is 0. The van der Waals surface area contributed by atoms with Gasteiger partial charge < -0.3 is 14.5 Å². The summed E-state index contributed by atoms with van der Waals surface area (Å²) in [6.07, 6.45) is -5.15. The maximum Gasteiger partial charge on any atom is 0.471 e. The summed E-state index contributed by atoms with van der Waals surface area (Å²) >= 11 is 0. The van der Waals surface area contributed by atoms with Gasteiger partial charge in [-0.1, -0.05) is 0 Å². The van der Waals surface area contributed by atoms with Crippen LogP contribution in [0.5, 0.6) is 0 Å². The molecule has 0 atom stereocenters. The minimum Gasteiger partial charge on any atom is -0.444 e. The fourth-order valence-corrected chi connectivity index (χ4v) is 1.81. The van der Waals surface area contributed by atoms with E-state index in [9.17, 15) is 22.8 Å². The number of hydrogen-bond donors (Lipinski definition) is 0. The van der Waals surface area contributed by atoms with E-state index >= 15 is 0 Å². The standard InChI is InChI=1S/C12H19F3N2O3/c1-11(2,3)20-10(19)17-6-4-5-16(7-8-17)9(18)12(13,14)15/h4-8H2,1-3H3. The monoisotopic (exact) mass is 296 g/mol. The van der Waals surface area contributed by atoms with Gasteiger partial charge in [-0.15, -0.1) is 0 Å². The molecule has 1 aliphatic rings. The Labute approximate surface area is 115 Å². The number of carbonyl (C=O) groups is 2. The number of rotatable bonds is 0. The van der Waals surface area contributed by atoms with E-state index in [0.29, 0.717) is 6.42 Å². The van der Waals surface area contributed by atoms with Gasteiger partial charge in [-0.25, -0.2) is 4.79 Å². The molecular weight excluding hydrogens is 277 g/mol. The van der Waals surface area contributed by atoms with E-state index in [1.165, 1.54) is 4.90 Å². The van der Waals surface area contributed by atoms with Crippen molar-refractivity contribution in [1.82, 2.24) is 9.80 Å². The molecule has 8 heteroatoms. The van der Waals surface area contributed by atoms with Crippen LogP contribution in [-0.4, -0.2) is 59.8 Å². The zero-order valence-corrected chi connectivity index (χ0v) is 11.8. The highest BCUT2D eigenvalue weighted by Crippen LogP contribution is 2.20. The highest BCUT2D eigenvalue weighted by Gasteiger charge is 2.42. The summed E-state index contributed by atoms with van der Waals surface area (Å²) in [5.74, 6) is -1.86. The predicted octanol–water partition coefficient (Wildman–Crippen LogP) is 2.02. The van der Waals surface area contributed by atoms with Crippen molar-refractivity contribution in [2.45, 2.75) is 39.0 Å². The number of nitrogens with zero attached hydrogens (tertiary/aromatic N) is 2. The van der Waals surface area contributed by atoms with Crippen LogP contribution in [0, 0.1) is 0 Å². The van der Waals surface area contributed by atoms with Crippen LogP contribution >= 0.6 is 0 Å². The largest absolute Gasteiger partial charge is 0.471 e. The average Bonchev–Trinajstić information content (AvgIpc) is 2.49. The lowest BCUT2D eigenvalue weighted by atomic mass is 10.2. The quantitative estimate of drug-likeness (QED) is 0.687. The third-order valence-electron chi connectivity index (χ3n) is 2.68. The molecular formula is C12H19F3N2O3. The number of amides is 2. The molecule has 1 fully saturated rings. The summed E-state index contributed by atoms with van der Waals surface area (Å²) in [4.78, 5) is 25.0. The van der Waals surface area contributed by atoms with Crippen molar-refractivity contribution in [3.05, 3.63) is 0 Å². The predicted molar refractivity (Wildman–Crippen MR) is 65.1 cm³/mol. The van der Waals surface area contributed by atoms with Crippen LogP contribution in [0.3, 0.4) is 0 Å². The molecule has 5 nitrogen and oxygen atoms in total. The Bertz CT molecular complexity index is 377. The Morgan fingerprint density at radius 2 is 1.45 bits per heavy atom. The summed E-state index contributed by atoms with van der Waals surface area (Å²) in [5.41, 5.74) is -0.662. The zero-order chi connectivity index (χ0) is 15.6. The molecule has 0 aromatic rings. The molecule has 1 saturated heterocycles. The smallest absolute Gasteiger partial charge is 0.444 e. The Morgan fingerprint density at radius 3 is 1.95 bits per heavy atom. The van der Waals surface area contributed by atoms with E-state index in [-0.39, 0.29) is 26.2 Å². The van der Waals surface area contributed by atoms with E-state index in [2.05, 4.69) is 0 Å². The molecule has 116 valence electrons. The summed E-state index contributed by atoms with van der Waals surface area (Å²) in [7, 11) is 0. The van der Waals surface area contributed by atoms with Crippen LogP contribution in [0.4, 0.5) is 18.0 Å². The van der Waals surface area contributed by atoms with Crippen molar-refractivity contribution in [3.8, 4) is 0 Å². The van der Waals surface area contributed by atoms with Crippen molar-refractivity contribution in [2.24, 2.45) is 0 Å². The molecule has 0 unspecified atom stereocenters. The van der Waals surface area contributed by atoms with E-state index < -0.39 is 23.8 Å². The fraction of sp³-hybridized carbons (Fsp3) is 0.833. The van der Waals surface area contributed by atoms with Gasteiger partial charge in [-0.05, 0) is 27.2 Å². The first kappa shape index (κ1) is 16.6. The van der Waals surface area contributed by atoms with Crippen LogP contribution < -0.4 is 0 Å². The first-order valence-electron chi connectivity index (χ1n) is 6.35. The van der Waals surface area contributed by atoms with Crippen molar-refractivity contribution in [2.75, 3.05) is 26.2 Å². The van der Waals surface area contributed by atoms with Gasteiger partial charge in [0.25, 0.3) is 0 Å². The summed E-state index contributed by atoms with van der Waals surface area (Å²) < 4.78 is 42.2. The molecule has 0 spiro atoms. The van der Waals surface area contributed by atoms with E-state index in [1.54, 1.807) is 20.8 Å². The van der Waals surface area contributed by atoms with E-state index in [0.717, 1.165) is 4.90 Å². The maximum absolute atomic E-state index is 12.3. The van der Waals surface area contributed by atoms with Gasteiger partial charge in [0, 0.05) is 26.2 Å². The molecule has 2 amide bonds. The first-order chi connectivity index (χ1) is 9.00.